The van der Waals surface area contributed by atoms with Gasteiger partial charge < -0.3 is 15.1 Å². The molecule has 2 N–H and O–H groups in total. The van der Waals surface area contributed by atoms with E-state index in [1.165, 1.54) is 16.2 Å². The van der Waals surface area contributed by atoms with Gasteiger partial charge in [-0.3, -0.25) is 9.59 Å². The van der Waals surface area contributed by atoms with E-state index in [4.69, 9.17) is 0 Å². The van der Waals surface area contributed by atoms with Gasteiger partial charge in [-0.25, -0.2) is 0 Å². The first kappa shape index (κ1) is 19.9. The molecule has 0 unspecified atom stereocenters. The van der Waals surface area contributed by atoms with Crippen LogP contribution < -0.4 is 10.2 Å². The Balaban J connectivity index is 1.84. The molecule has 1 aliphatic heterocycles. The summed E-state index contributed by atoms with van der Waals surface area (Å²) in [7, 11) is 1.70. The molecule has 1 aliphatic rings. The third-order valence-electron chi connectivity index (χ3n) is 4.75. The number of halogens is 1. The minimum Gasteiger partial charge on any atom is -0.332 e. The van der Waals surface area contributed by atoms with Crippen LogP contribution in [0.25, 0.3) is 0 Å². The lowest BCUT2D eigenvalue weighted by Gasteiger charge is -2.32. The Bertz CT molecular complexity index is 625. The van der Waals surface area contributed by atoms with Gasteiger partial charge in [-0.1, -0.05) is 29.8 Å². The maximum atomic E-state index is 12.4. The zero-order valence-corrected chi connectivity index (χ0v) is 17.1. The molecule has 2 atom stereocenters. The summed E-state index contributed by atoms with van der Waals surface area (Å²) in [5, 5.41) is 2.88. The summed E-state index contributed by atoms with van der Waals surface area (Å²) < 4.78 is 0.975. The van der Waals surface area contributed by atoms with Crippen LogP contribution in [0, 0.1) is 18.8 Å². The summed E-state index contributed by atoms with van der Waals surface area (Å²) in [6, 6.07) is 5.70. The van der Waals surface area contributed by atoms with Crippen molar-refractivity contribution in [3.63, 3.8) is 0 Å². The van der Waals surface area contributed by atoms with E-state index in [1.54, 1.807) is 7.05 Å². The Kier molecular flexibility index (Phi) is 7.02. The molecule has 1 aromatic rings. The van der Waals surface area contributed by atoms with Crippen LogP contribution in [0.15, 0.2) is 22.7 Å². The lowest BCUT2D eigenvalue weighted by atomic mass is 9.92. The number of nitrogens with one attached hydrogen (secondary N) is 2. The first-order valence-electron chi connectivity index (χ1n) is 8.88. The molecule has 1 heterocycles. The molecule has 2 rings (SSSR count). The Labute approximate surface area is 158 Å². The first-order valence-corrected chi connectivity index (χ1v) is 9.67. The average molecular weight is 411 g/mol. The molecule has 1 fully saturated rings. The Morgan fingerprint density at radius 3 is 2.52 bits per heavy atom. The van der Waals surface area contributed by atoms with Gasteiger partial charge in [0.25, 0.3) is 5.91 Å². The molecule has 0 bridgehead atoms. The molecule has 0 aromatic heterocycles. The monoisotopic (exact) mass is 410 g/mol. The molecular formula is C19H29BrN3O2+. The summed E-state index contributed by atoms with van der Waals surface area (Å²) in [6.07, 6.45) is 1.24. The molecule has 0 spiro atoms. The zero-order chi connectivity index (χ0) is 18.6. The number of hydrogen-bond donors (Lipinski definition) is 2. The molecule has 25 heavy (non-hydrogen) atoms. The summed E-state index contributed by atoms with van der Waals surface area (Å²) in [6.45, 7) is 9.05. The van der Waals surface area contributed by atoms with Crippen LogP contribution in [0.2, 0.25) is 0 Å². The maximum Gasteiger partial charge on any atom is 0.277 e. The van der Waals surface area contributed by atoms with Gasteiger partial charge in [-0.05, 0) is 37.1 Å². The fourth-order valence-corrected chi connectivity index (χ4v) is 4.15. The number of likely N-dealkylation sites (tertiary alicyclic amines) is 1. The van der Waals surface area contributed by atoms with Crippen molar-refractivity contribution < 1.29 is 14.5 Å². The van der Waals surface area contributed by atoms with Gasteiger partial charge in [0.05, 0.1) is 19.6 Å². The predicted molar refractivity (Wildman–Crippen MR) is 104 cm³/mol. The number of aryl methyl sites for hydroxylation is 1. The minimum absolute atomic E-state index is 0.0268. The van der Waals surface area contributed by atoms with E-state index < -0.39 is 0 Å². The normalized spacial score (nSPS) is 23.2. The highest BCUT2D eigenvalue weighted by Gasteiger charge is 2.28. The molecular weight excluding hydrogens is 382 g/mol. The molecule has 1 saturated heterocycles. The Morgan fingerprint density at radius 1 is 1.28 bits per heavy atom. The predicted octanol–water partition coefficient (Wildman–Crippen LogP) is 1.72. The van der Waals surface area contributed by atoms with Crippen molar-refractivity contribution in [3.05, 3.63) is 28.2 Å². The van der Waals surface area contributed by atoms with E-state index in [0.717, 1.165) is 28.8 Å². The van der Waals surface area contributed by atoms with Gasteiger partial charge in [-0.15, -0.1) is 0 Å². The molecule has 2 amide bonds. The summed E-state index contributed by atoms with van der Waals surface area (Å²) in [5.74, 6) is 1.16. The SMILES string of the molecule is Cc1cc(Br)ccc1NC(=O)CN(C)C(=O)C[NH+]1C[C@H](C)C[C@@H](C)C1. The molecule has 5 nitrogen and oxygen atoms in total. The maximum absolute atomic E-state index is 12.4. The molecule has 1 aromatic carbocycles. The average Bonchev–Trinajstić information content (AvgIpc) is 2.49. The second-order valence-corrected chi connectivity index (χ2v) is 8.45. The lowest BCUT2D eigenvalue weighted by molar-refractivity contribution is -0.904. The van der Waals surface area contributed by atoms with E-state index in [1.807, 2.05) is 25.1 Å². The van der Waals surface area contributed by atoms with Gasteiger partial charge in [-0.2, -0.15) is 0 Å². The summed E-state index contributed by atoms with van der Waals surface area (Å²) >= 11 is 3.41. The van der Waals surface area contributed by atoms with Crippen LogP contribution in [0.4, 0.5) is 5.69 Å². The van der Waals surface area contributed by atoms with Crippen molar-refractivity contribution in [2.75, 3.05) is 38.5 Å². The molecule has 138 valence electrons. The summed E-state index contributed by atoms with van der Waals surface area (Å²) in [5.41, 5.74) is 1.76. The first-order chi connectivity index (χ1) is 11.7. The second kappa shape index (κ2) is 8.81. The molecule has 6 heteroatoms. The largest absolute Gasteiger partial charge is 0.332 e. The summed E-state index contributed by atoms with van der Waals surface area (Å²) in [4.78, 5) is 27.5. The fourth-order valence-electron chi connectivity index (χ4n) is 3.68. The molecule has 0 radical (unpaired) electrons. The van der Waals surface area contributed by atoms with Gasteiger partial charge in [0.15, 0.2) is 6.54 Å². The fraction of sp³-hybridized carbons (Fsp3) is 0.579. The quantitative estimate of drug-likeness (QED) is 0.776. The number of amides is 2. The second-order valence-electron chi connectivity index (χ2n) is 7.54. The number of carbonyl (C=O) groups is 2. The standard InChI is InChI=1S/C19H28BrN3O2/c1-13-7-14(2)10-23(9-13)12-19(25)22(4)11-18(24)21-17-6-5-16(20)8-15(17)3/h5-6,8,13-14H,7,9-12H2,1-4H3,(H,21,24)/p+1/t13-,14-/m1/s1. The third kappa shape index (κ3) is 6.12. The van der Waals surface area contributed by atoms with Crippen LogP contribution in [0.3, 0.4) is 0 Å². The number of nitrogens with zero attached hydrogens (tertiary/aromatic N) is 1. The van der Waals surface area contributed by atoms with Crippen LogP contribution in [0.1, 0.15) is 25.8 Å². The zero-order valence-electron chi connectivity index (χ0n) is 15.6. The number of hydrogen-bond acceptors (Lipinski definition) is 2. The van der Waals surface area contributed by atoms with E-state index in [0.29, 0.717) is 18.4 Å². The van der Waals surface area contributed by atoms with Crippen LogP contribution in [0.5, 0.6) is 0 Å². The van der Waals surface area contributed by atoms with E-state index in [-0.39, 0.29) is 18.4 Å². The van der Waals surface area contributed by atoms with E-state index in [9.17, 15) is 9.59 Å². The van der Waals surface area contributed by atoms with Crippen molar-refractivity contribution >= 4 is 33.4 Å². The third-order valence-corrected chi connectivity index (χ3v) is 5.24. The highest BCUT2D eigenvalue weighted by Crippen LogP contribution is 2.19. The van der Waals surface area contributed by atoms with Crippen LogP contribution in [-0.4, -0.2) is 49.9 Å². The van der Waals surface area contributed by atoms with Crippen molar-refractivity contribution in [1.29, 1.82) is 0 Å². The Hall–Kier alpha value is -1.40. The van der Waals surface area contributed by atoms with Gasteiger partial charge in [0, 0.05) is 29.0 Å². The van der Waals surface area contributed by atoms with Crippen molar-refractivity contribution in [3.8, 4) is 0 Å². The number of piperidine rings is 1. The van der Waals surface area contributed by atoms with Crippen molar-refractivity contribution in [2.24, 2.45) is 11.8 Å². The molecule has 0 saturated carbocycles. The number of carbonyl (C=O) groups excluding carboxylic acids is 2. The number of quaternary nitrogens is 1. The highest BCUT2D eigenvalue weighted by atomic mass is 79.9. The lowest BCUT2D eigenvalue weighted by Crippen LogP contribution is -3.15. The van der Waals surface area contributed by atoms with Crippen LogP contribution >= 0.6 is 15.9 Å². The van der Waals surface area contributed by atoms with E-state index >= 15 is 0 Å². The Morgan fingerprint density at radius 2 is 1.92 bits per heavy atom. The van der Waals surface area contributed by atoms with Gasteiger partial charge in [0.2, 0.25) is 5.91 Å². The number of benzene rings is 1. The van der Waals surface area contributed by atoms with Gasteiger partial charge in [0.1, 0.15) is 0 Å². The van der Waals surface area contributed by atoms with Crippen molar-refractivity contribution in [1.82, 2.24) is 4.90 Å². The number of likely N-dealkylation sites (N-methyl/N-ethyl adjacent to an activating group) is 1. The minimum atomic E-state index is -0.170. The van der Waals surface area contributed by atoms with Crippen molar-refractivity contribution in [2.45, 2.75) is 27.2 Å². The number of rotatable bonds is 5. The topological polar surface area (TPSA) is 53.9 Å². The van der Waals surface area contributed by atoms with Crippen LogP contribution in [-0.2, 0) is 9.59 Å². The highest BCUT2D eigenvalue weighted by molar-refractivity contribution is 9.10. The molecule has 0 aliphatic carbocycles. The van der Waals surface area contributed by atoms with Gasteiger partial charge >= 0.3 is 0 Å². The van der Waals surface area contributed by atoms with E-state index in [2.05, 4.69) is 35.1 Å². The number of anilines is 1. The smallest absolute Gasteiger partial charge is 0.277 e.